The number of carbonyl (C=O) groups excluding carboxylic acids is 1. The third-order valence-corrected chi connectivity index (χ3v) is 7.67. The van der Waals surface area contributed by atoms with Crippen molar-refractivity contribution < 1.29 is 9.21 Å². The molecule has 1 aromatic heterocycles. The van der Waals surface area contributed by atoms with Crippen molar-refractivity contribution in [2.24, 2.45) is 0 Å². The number of amides is 1. The van der Waals surface area contributed by atoms with Crippen LogP contribution in [-0.4, -0.2) is 47.9 Å². The highest BCUT2D eigenvalue weighted by molar-refractivity contribution is 8.27. The summed E-state index contributed by atoms with van der Waals surface area (Å²) in [7, 11) is 0. The van der Waals surface area contributed by atoms with Gasteiger partial charge in [-0.1, -0.05) is 42.5 Å². The summed E-state index contributed by atoms with van der Waals surface area (Å²) in [5.41, 5.74) is 2.88. The number of hydrogen-bond acceptors (Lipinski definition) is 6. The van der Waals surface area contributed by atoms with Crippen molar-refractivity contribution >= 4 is 63.3 Å². The van der Waals surface area contributed by atoms with E-state index in [0.29, 0.717) is 25.8 Å². The van der Waals surface area contributed by atoms with Crippen molar-refractivity contribution in [3.05, 3.63) is 76.4 Å². The number of likely N-dealkylation sites (N-methyl/N-ethyl adjacent to an activating group) is 1. The number of furan rings is 1. The van der Waals surface area contributed by atoms with Gasteiger partial charge in [0.05, 0.1) is 10.6 Å². The first-order valence-corrected chi connectivity index (χ1v) is 12.8. The quantitative estimate of drug-likeness (QED) is 0.303. The Labute approximate surface area is 214 Å². The predicted octanol–water partition coefficient (Wildman–Crippen LogP) is 6.15. The van der Waals surface area contributed by atoms with Crippen LogP contribution >= 0.6 is 35.6 Å². The summed E-state index contributed by atoms with van der Waals surface area (Å²) in [6, 6.07) is 19.3. The molecular formula is C26H24ClN3O2S2. The maximum Gasteiger partial charge on any atom is 0.270 e. The monoisotopic (exact) mass is 509 g/mol. The van der Waals surface area contributed by atoms with Gasteiger partial charge in [-0.15, -0.1) is 0 Å². The molecule has 0 aliphatic carbocycles. The summed E-state index contributed by atoms with van der Waals surface area (Å²) in [6.07, 6.45) is 1.75. The summed E-state index contributed by atoms with van der Waals surface area (Å²) in [6.45, 7) is 7.46. The lowest BCUT2D eigenvalue weighted by Crippen LogP contribution is -2.46. The van der Waals surface area contributed by atoms with Crippen LogP contribution in [-0.2, 0) is 4.79 Å². The van der Waals surface area contributed by atoms with E-state index in [1.807, 2.05) is 48.5 Å². The van der Waals surface area contributed by atoms with Crippen LogP contribution < -0.4 is 9.80 Å². The summed E-state index contributed by atoms with van der Waals surface area (Å²) >= 11 is 12.8. The molecule has 2 aliphatic rings. The number of rotatable bonds is 5. The topological polar surface area (TPSA) is 39.9 Å². The minimum absolute atomic E-state index is 0.135. The Morgan fingerprint density at radius 2 is 1.65 bits per heavy atom. The number of hydrogen-bond donors (Lipinski definition) is 0. The molecule has 174 valence electrons. The number of carbonyl (C=O) groups is 1. The van der Waals surface area contributed by atoms with E-state index in [4.69, 9.17) is 28.2 Å². The van der Waals surface area contributed by atoms with Gasteiger partial charge in [-0.2, -0.15) is 0 Å². The zero-order chi connectivity index (χ0) is 23.7. The van der Waals surface area contributed by atoms with Gasteiger partial charge in [0.15, 0.2) is 4.32 Å². The van der Waals surface area contributed by atoms with Gasteiger partial charge in [-0.3, -0.25) is 9.69 Å². The van der Waals surface area contributed by atoms with Crippen LogP contribution in [0.15, 0.2) is 70.0 Å². The maximum atomic E-state index is 13.2. The fraction of sp³-hybridized carbons (Fsp3) is 0.231. The van der Waals surface area contributed by atoms with Gasteiger partial charge in [0.25, 0.3) is 5.91 Å². The smallest absolute Gasteiger partial charge is 0.270 e. The highest BCUT2D eigenvalue weighted by atomic mass is 35.5. The molecule has 0 saturated carbocycles. The average Bonchev–Trinajstić information content (AvgIpc) is 3.44. The summed E-state index contributed by atoms with van der Waals surface area (Å²) < 4.78 is 6.46. The van der Waals surface area contributed by atoms with E-state index in [1.165, 1.54) is 17.4 Å². The second-order valence-electron chi connectivity index (χ2n) is 8.16. The first kappa shape index (κ1) is 23.2. The Morgan fingerprint density at radius 1 is 0.971 bits per heavy atom. The van der Waals surface area contributed by atoms with Gasteiger partial charge in [0, 0.05) is 48.5 Å². The van der Waals surface area contributed by atoms with Crippen LogP contribution in [0.3, 0.4) is 0 Å². The Hall–Kier alpha value is -2.58. The number of benzene rings is 2. The molecule has 0 unspecified atom stereocenters. The van der Waals surface area contributed by atoms with Crippen LogP contribution in [0.5, 0.6) is 0 Å². The Bertz CT molecular complexity index is 1230. The minimum atomic E-state index is -0.135. The van der Waals surface area contributed by atoms with Gasteiger partial charge in [0.1, 0.15) is 11.5 Å². The Morgan fingerprint density at radius 3 is 2.32 bits per heavy atom. The molecule has 0 spiro atoms. The van der Waals surface area contributed by atoms with E-state index in [0.717, 1.165) is 44.0 Å². The zero-order valence-corrected chi connectivity index (χ0v) is 21.1. The van der Waals surface area contributed by atoms with E-state index < -0.39 is 0 Å². The number of anilines is 2. The van der Waals surface area contributed by atoms with E-state index in [-0.39, 0.29) is 5.91 Å². The van der Waals surface area contributed by atoms with E-state index in [1.54, 1.807) is 11.0 Å². The van der Waals surface area contributed by atoms with Gasteiger partial charge in [-0.05, 0) is 67.2 Å². The van der Waals surface area contributed by atoms with E-state index in [9.17, 15) is 4.79 Å². The molecular weight excluding hydrogens is 486 g/mol. The molecule has 0 N–H and O–H groups in total. The van der Waals surface area contributed by atoms with Gasteiger partial charge in [-0.25, -0.2) is 0 Å². The molecule has 3 aromatic rings. The lowest BCUT2D eigenvalue weighted by atomic mass is 10.2. The first-order valence-electron chi connectivity index (χ1n) is 11.2. The largest absolute Gasteiger partial charge is 0.457 e. The minimum Gasteiger partial charge on any atom is -0.457 e. The highest BCUT2D eigenvalue weighted by Gasteiger charge is 2.33. The molecule has 2 aliphatic heterocycles. The molecule has 2 saturated heterocycles. The molecule has 34 heavy (non-hydrogen) atoms. The molecule has 0 bridgehead atoms. The van der Waals surface area contributed by atoms with Crippen LogP contribution in [0.25, 0.3) is 17.4 Å². The van der Waals surface area contributed by atoms with Crippen molar-refractivity contribution in [1.82, 2.24) is 4.90 Å². The van der Waals surface area contributed by atoms with Gasteiger partial charge in [0.2, 0.25) is 0 Å². The van der Waals surface area contributed by atoms with Crippen LogP contribution in [0.4, 0.5) is 11.4 Å². The van der Waals surface area contributed by atoms with Crippen LogP contribution in [0.1, 0.15) is 12.7 Å². The molecule has 5 rings (SSSR count). The molecule has 2 fully saturated rings. The van der Waals surface area contributed by atoms with E-state index >= 15 is 0 Å². The summed E-state index contributed by atoms with van der Waals surface area (Å²) in [4.78, 5) is 20.1. The van der Waals surface area contributed by atoms with Crippen LogP contribution in [0, 0.1) is 0 Å². The lowest BCUT2D eigenvalue weighted by molar-refractivity contribution is -0.113. The second kappa shape index (κ2) is 9.96. The Kier molecular flexibility index (Phi) is 6.79. The number of piperazine rings is 1. The normalized spacial score (nSPS) is 18.4. The average molecular weight is 510 g/mol. The summed E-state index contributed by atoms with van der Waals surface area (Å²) in [5.74, 6) is 1.18. The molecule has 2 aromatic carbocycles. The standard InChI is InChI=1S/C26H24ClN3O2S2/c1-2-28-13-15-29(16-14-28)20-7-9-21(10-8-20)30-25(31)24(34-26(30)33)17-22-11-12-23(32-22)18-3-5-19(27)6-4-18/h3-12,17H,2,13-16H2,1H3. The molecule has 3 heterocycles. The van der Waals surface area contributed by atoms with Gasteiger partial charge >= 0.3 is 0 Å². The third kappa shape index (κ3) is 4.79. The van der Waals surface area contributed by atoms with Crippen LogP contribution in [0.2, 0.25) is 5.02 Å². The molecule has 0 atom stereocenters. The van der Waals surface area contributed by atoms with Crippen molar-refractivity contribution in [1.29, 1.82) is 0 Å². The predicted molar refractivity (Wildman–Crippen MR) is 146 cm³/mol. The SMILES string of the molecule is CCN1CCN(c2ccc(N3C(=O)C(=Cc4ccc(-c5ccc(Cl)cc5)o4)SC3=S)cc2)CC1. The number of thioether (sulfide) groups is 1. The molecule has 1 amide bonds. The number of nitrogens with zero attached hydrogens (tertiary/aromatic N) is 3. The first-order chi connectivity index (χ1) is 16.5. The number of thiocarbonyl (C=S) groups is 1. The molecule has 5 nitrogen and oxygen atoms in total. The molecule has 0 radical (unpaired) electrons. The second-order valence-corrected chi connectivity index (χ2v) is 10.3. The summed E-state index contributed by atoms with van der Waals surface area (Å²) in [5, 5.41) is 0.673. The van der Waals surface area contributed by atoms with E-state index in [2.05, 4.69) is 28.9 Å². The van der Waals surface area contributed by atoms with Gasteiger partial charge < -0.3 is 14.2 Å². The van der Waals surface area contributed by atoms with Crippen molar-refractivity contribution in [2.45, 2.75) is 6.92 Å². The third-order valence-electron chi connectivity index (χ3n) is 6.12. The molecule has 8 heteroatoms. The Balaban J connectivity index is 1.30. The van der Waals surface area contributed by atoms with Crippen molar-refractivity contribution in [3.8, 4) is 11.3 Å². The fourth-order valence-corrected chi connectivity index (χ4v) is 5.56. The zero-order valence-electron chi connectivity index (χ0n) is 18.7. The van der Waals surface area contributed by atoms with Crippen molar-refractivity contribution in [2.75, 3.05) is 42.5 Å². The number of halogens is 1. The fourth-order valence-electron chi connectivity index (χ4n) is 4.15. The highest BCUT2D eigenvalue weighted by Crippen LogP contribution is 2.37. The maximum absolute atomic E-state index is 13.2. The lowest BCUT2D eigenvalue weighted by Gasteiger charge is -2.35. The van der Waals surface area contributed by atoms with Crippen molar-refractivity contribution in [3.63, 3.8) is 0 Å².